The number of alkyl halides is 1. The van der Waals surface area contributed by atoms with Gasteiger partial charge in [0, 0.05) is 5.75 Å². The number of para-hydroxylation sites is 1. The van der Waals surface area contributed by atoms with Crippen molar-refractivity contribution in [3.05, 3.63) is 66.2 Å². The summed E-state index contributed by atoms with van der Waals surface area (Å²) in [5.74, 6) is -0.322. The van der Waals surface area contributed by atoms with Gasteiger partial charge in [0.25, 0.3) is 5.91 Å². The van der Waals surface area contributed by atoms with Gasteiger partial charge in [0.2, 0.25) is 5.91 Å². The lowest BCUT2D eigenvalue weighted by Gasteiger charge is -2.56. The van der Waals surface area contributed by atoms with Crippen LogP contribution in [0.25, 0.3) is 0 Å². The zero-order valence-corrected chi connectivity index (χ0v) is 19.0. The largest absolute Gasteiger partial charge is 0.484 e. The molecule has 2 amide bonds. The van der Waals surface area contributed by atoms with Crippen LogP contribution < -0.4 is 10.1 Å². The zero-order valence-electron chi connectivity index (χ0n) is 17.4. The predicted octanol–water partition coefficient (Wildman–Crippen LogP) is 2.57. The van der Waals surface area contributed by atoms with Gasteiger partial charge in [0.1, 0.15) is 23.8 Å². The molecule has 2 aliphatic heterocycles. The van der Waals surface area contributed by atoms with Crippen molar-refractivity contribution < 1.29 is 23.9 Å². The number of amides is 2. The summed E-state index contributed by atoms with van der Waals surface area (Å²) in [6.07, 6.45) is 0. The molecule has 7 nitrogen and oxygen atoms in total. The quantitative estimate of drug-likeness (QED) is 0.377. The van der Waals surface area contributed by atoms with Gasteiger partial charge in [0.05, 0.1) is 4.87 Å². The first kappa shape index (κ1) is 22.5. The Bertz CT molecular complexity index is 988. The highest BCUT2D eigenvalue weighted by atomic mass is 35.5. The fourth-order valence-corrected chi connectivity index (χ4v) is 5.54. The summed E-state index contributed by atoms with van der Waals surface area (Å²) >= 11 is 8.06. The van der Waals surface area contributed by atoms with E-state index in [4.69, 9.17) is 21.1 Å². The Morgan fingerprint density at radius 3 is 2.50 bits per heavy atom. The number of benzene rings is 2. The third kappa shape index (κ3) is 4.71. The highest BCUT2D eigenvalue weighted by molar-refractivity contribution is 8.00. The molecule has 2 aromatic rings. The number of β-lactam (4-membered cyclic amide) rings is 1. The molecule has 0 radical (unpaired) electrons. The Hall–Kier alpha value is -2.71. The highest BCUT2D eigenvalue weighted by Crippen LogP contribution is 2.45. The molecule has 4 atom stereocenters. The van der Waals surface area contributed by atoms with Gasteiger partial charge in [0.15, 0.2) is 12.6 Å². The molecule has 2 aromatic carbocycles. The number of hydrogen-bond donors (Lipinski definition) is 1. The minimum Gasteiger partial charge on any atom is -0.484 e. The molecule has 0 bridgehead atoms. The number of carbonyl (C=O) groups excluding carboxylic acids is 3. The van der Waals surface area contributed by atoms with E-state index in [-0.39, 0.29) is 24.5 Å². The number of carbonyl (C=O) groups is 3. The summed E-state index contributed by atoms with van der Waals surface area (Å²) in [6, 6.07) is 16.6. The monoisotopic (exact) mass is 474 g/mol. The van der Waals surface area contributed by atoms with Crippen molar-refractivity contribution in [3.8, 4) is 5.75 Å². The summed E-state index contributed by atoms with van der Waals surface area (Å²) in [6.45, 7) is 1.61. The summed E-state index contributed by atoms with van der Waals surface area (Å²) < 4.78 is 10.9. The molecule has 0 unspecified atom stereocenters. The maximum atomic E-state index is 12.9. The number of hydrogen-bond acceptors (Lipinski definition) is 6. The van der Waals surface area contributed by atoms with Crippen LogP contribution in [0.2, 0.25) is 0 Å². The average molecular weight is 475 g/mol. The van der Waals surface area contributed by atoms with Gasteiger partial charge in [-0.25, -0.2) is 4.79 Å². The normalized spacial score (nSPS) is 26.5. The van der Waals surface area contributed by atoms with Crippen molar-refractivity contribution in [1.82, 2.24) is 10.2 Å². The molecule has 2 saturated heterocycles. The summed E-state index contributed by atoms with van der Waals surface area (Å²) in [4.78, 5) is 38.5. The van der Waals surface area contributed by atoms with Gasteiger partial charge in [-0.2, -0.15) is 0 Å². The van der Waals surface area contributed by atoms with Gasteiger partial charge in [-0.1, -0.05) is 48.5 Å². The molecule has 0 saturated carbocycles. The molecule has 2 heterocycles. The molecule has 2 aliphatic rings. The number of thioether (sulfide) groups is 1. The smallest absolute Gasteiger partial charge is 0.331 e. The van der Waals surface area contributed by atoms with Crippen LogP contribution in [0.1, 0.15) is 12.5 Å². The number of esters is 1. The number of nitrogens with one attached hydrogen (secondary N) is 1. The second-order valence-corrected chi connectivity index (χ2v) is 9.84. The van der Waals surface area contributed by atoms with E-state index < -0.39 is 28.8 Å². The van der Waals surface area contributed by atoms with Crippen molar-refractivity contribution in [2.45, 2.75) is 35.9 Å². The summed E-state index contributed by atoms with van der Waals surface area (Å²) in [5, 5.41) is 2.32. The number of ether oxygens (including phenoxy) is 2. The minimum atomic E-state index is -0.976. The first-order valence-electron chi connectivity index (χ1n) is 10.2. The van der Waals surface area contributed by atoms with Crippen LogP contribution >= 0.6 is 23.4 Å². The molecule has 32 heavy (non-hydrogen) atoms. The Morgan fingerprint density at radius 2 is 1.81 bits per heavy atom. The lowest BCUT2D eigenvalue weighted by molar-refractivity contribution is -0.168. The van der Waals surface area contributed by atoms with E-state index in [1.807, 2.05) is 36.4 Å². The predicted molar refractivity (Wildman–Crippen MR) is 121 cm³/mol. The van der Waals surface area contributed by atoms with Gasteiger partial charge in [-0.15, -0.1) is 23.4 Å². The van der Waals surface area contributed by atoms with E-state index in [0.717, 1.165) is 5.56 Å². The number of nitrogens with zero attached hydrogens (tertiary/aromatic N) is 1. The number of halogens is 1. The van der Waals surface area contributed by atoms with Crippen LogP contribution in [0, 0.1) is 0 Å². The van der Waals surface area contributed by atoms with E-state index in [2.05, 4.69) is 5.32 Å². The van der Waals surface area contributed by atoms with E-state index in [0.29, 0.717) is 11.5 Å². The van der Waals surface area contributed by atoms with Crippen molar-refractivity contribution in [3.63, 3.8) is 0 Å². The van der Waals surface area contributed by atoms with Crippen molar-refractivity contribution in [1.29, 1.82) is 0 Å². The third-order valence-corrected chi connectivity index (χ3v) is 7.45. The Labute approximate surface area is 195 Å². The summed E-state index contributed by atoms with van der Waals surface area (Å²) in [7, 11) is 0. The highest BCUT2D eigenvalue weighted by Gasteiger charge is 2.61. The average Bonchev–Trinajstić information content (AvgIpc) is 2.80. The first-order valence-corrected chi connectivity index (χ1v) is 11.6. The molecule has 0 aliphatic carbocycles. The topological polar surface area (TPSA) is 84.9 Å². The number of fused-ring (bicyclic) bond motifs is 1. The maximum absolute atomic E-state index is 12.9. The molecule has 2 fully saturated rings. The van der Waals surface area contributed by atoms with E-state index in [9.17, 15) is 14.4 Å². The fraction of sp³-hybridized carbons (Fsp3) is 0.348. The second kappa shape index (κ2) is 9.42. The first-order chi connectivity index (χ1) is 15.4. The Morgan fingerprint density at radius 1 is 1.16 bits per heavy atom. The lowest BCUT2D eigenvalue weighted by atomic mass is 9.94. The van der Waals surface area contributed by atoms with Crippen molar-refractivity contribution >= 4 is 41.1 Å². The van der Waals surface area contributed by atoms with Crippen LogP contribution in [-0.4, -0.2) is 57.4 Å². The van der Waals surface area contributed by atoms with Crippen molar-refractivity contribution in [2.75, 3.05) is 12.4 Å². The lowest BCUT2D eigenvalue weighted by Crippen LogP contribution is -2.78. The van der Waals surface area contributed by atoms with Crippen LogP contribution in [-0.2, 0) is 25.7 Å². The van der Waals surface area contributed by atoms with Gasteiger partial charge in [-0.3, -0.25) is 9.59 Å². The third-order valence-electron chi connectivity index (χ3n) is 5.34. The molecule has 4 rings (SSSR count). The molecule has 9 heteroatoms. The zero-order chi connectivity index (χ0) is 22.7. The van der Waals surface area contributed by atoms with Gasteiger partial charge in [-0.05, 0) is 24.6 Å². The second-order valence-electron chi connectivity index (χ2n) is 7.87. The van der Waals surface area contributed by atoms with E-state index in [1.54, 1.807) is 31.2 Å². The molecule has 0 spiro atoms. The molecular weight excluding hydrogens is 452 g/mol. The SMILES string of the molecule is C[C@@]1(Cl)CS[C@@H]2[C@H](NC(=O)COc3ccccc3)C(=O)N2[C@H]1C(=O)OCc1ccccc1. The van der Waals surface area contributed by atoms with Crippen LogP contribution in [0.15, 0.2) is 60.7 Å². The minimum absolute atomic E-state index is 0.0972. The molecular formula is C23H23ClN2O5S. The van der Waals surface area contributed by atoms with E-state index in [1.165, 1.54) is 16.7 Å². The Balaban J connectivity index is 1.36. The van der Waals surface area contributed by atoms with Gasteiger partial charge < -0.3 is 19.7 Å². The van der Waals surface area contributed by atoms with Gasteiger partial charge >= 0.3 is 5.97 Å². The van der Waals surface area contributed by atoms with Crippen molar-refractivity contribution in [2.24, 2.45) is 0 Å². The van der Waals surface area contributed by atoms with Crippen LogP contribution in [0.4, 0.5) is 0 Å². The van der Waals surface area contributed by atoms with Crippen LogP contribution in [0.5, 0.6) is 5.75 Å². The maximum Gasteiger partial charge on any atom is 0.331 e. The standard InChI is InChI=1S/C23H23ClN2O5S/c1-23(24)14-32-21-18(25-17(27)13-30-16-10-6-3-7-11-16)20(28)26(21)19(23)22(29)31-12-15-8-4-2-5-9-15/h2-11,18-19,21H,12-14H2,1H3,(H,25,27)/t18-,19+,21-,23-/m1/s1. The van der Waals surface area contributed by atoms with Crippen LogP contribution in [0.3, 0.4) is 0 Å². The number of rotatable bonds is 7. The Kier molecular flexibility index (Phi) is 6.62. The van der Waals surface area contributed by atoms with E-state index >= 15 is 0 Å². The molecule has 168 valence electrons. The molecule has 0 aromatic heterocycles. The fourth-order valence-electron chi connectivity index (χ4n) is 3.74. The summed E-state index contributed by atoms with van der Waals surface area (Å²) in [5.41, 5.74) is 0.845. The molecule has 1 N–H and O–H groups in total.